The molecule has 0 bridgehead atoms. The Balaban J connectivity index is 1.81. The normalized spacial score (nSPS) is 32.8. The smallest absolute Gasteiger partial charge is 0.356 e. The Hall–Kier alpha value is -1.24. The summed E-state index contributed by atoms with van der Waals surface area (Å²) in [5.41, 5.74) is -4.90. The zero-order valence-corrected chi connectivity index (χ0v) is 14.4. The van der Waals surface area contributed by atoms with Crippen LogP contribution < -0.4 is 0 Å². The maximum absolute atomic E-state index is 12.7. The highest BCUT2D eigenvalue weighted by Crippen LogP contribution is 2.37. The SMILES string of the molecule is CO[C@@H]1C[C@@H](OS(=O)(=O)C(F)(F)F)[C@@H]2OC(c3ccccc3)OC[C@H]2O1. The molecule has 2 aliphatic heterocycles. The van der Waals surface area contributed by atoms with Crippen LogP contribution in [-0.2, 0) is 33.2 Å². The molecule has 3 rings (SSSR count). The Morgan fingerprint density at radius 1 is 1.15 bits per heavy atom. The van der Waals surface area contributed by atoms with Crippen molar-refractivity contribution >= 4 is 10.1 Å². The van der Waals surface area contributed by atoms with E-state index in [1.54, 1.807) is 30.3 Å². The summed E-state index contributed by atoms with van der Waals surface area (Å²) >= 11 is 0. The van der Waals surface area contributed by atoms with Gasteiger partial charge in [-0.1, -0.05) is 30.3 Å². The van der Waals surface area contributed by atoms with Crippen molar-refractivity contribution in [3.05, 3.63) is 35.9 Å². The number of rotatable bonds is 4. The minimum atomic E-state index is -5.79. The molecule has 0 N–H and O–H groups in total. The van der Waals surface area contributed by atoms with Crippen LogP contribution in [0.2, 0.25) is 0 Å². The number of fused-ring (bicyclic) bond motifs is 1. The van der Waals surface area contributed by atoms with Gasteiger partial charge >= 0.3 is 15.6 Å². The van der Waals surface area contributed by atoms with Gasteiger partial charge in [0.25, 0.3) is 0 Å². The van der Waals surface area contributed by atoms with Crippen molar-refractivity contribution in [3.8, 4) is 0 Å². The molecule has 0 aliphatic carbocycles. The van der Waals surface area contributed by atoms with E-state index in [2.05, 4.69) is 4.18 Å². The summed E-state index contributed by atoms with van der Waals surface area (Å²) in [5.74, 6) is 0. The lowest BCUT2D eigenvalue weighted by Gasteiger charge is -2.44. The fraction of sp³-hybridized carbons (Fsp3) is 0.600. The van der Waals surface area contributed by atoms with Crippen molar-refractivity contribution in [2.75, 3.05) is 13.7 Å². The third kappa shape index (κ3) is 4.02. The second-order valence-electron chi connectivity index (χ2n) is 5.79. The maximum atomic E-state index is 12.7. The Labute approximate surface area is 148 Å². The van der Waals surface area contributed by atoms with E-state index in [0.717, 1.165) is 0 Å². The summed E-state index contributed by atoms with van der Waals surface area (Å²) in [7, 11) is -4.50. The highest BCUT2D eigenvalue weighted by atomic mass is 32.2. The van der Waals surface area contributed by atoms with Crippen LogP contribution in [0.1, 0.15) is 18.3 Å². The summed E-state index contributed by atoms with van der Waals surface area (Å²) in [6.07, 6.45) is -5.39. The Bertz CT molecular complexity index is 710. The van der Waals surface area contributed by atoms with Crippen LogP contribution in [0.4, 0.5) is 13.2 Å². The average molecular weight is 398 g/mol. The number of ether oxygens (including phenoxy) is 4. The van der Waals surface area contributed by atoms with E-state index in [1.807, 2.05) is 0 Å². The average Bonchev–Trinajstić information content (AvgIpc) is 2.60. The highest BCUT2D eigenvalue weighted by molar-refractivity contribution is 7.87. The number of methoxy groups -OCH3 is 1. The molecule has 2 aliphatic rings. The third-order valence-corrected chi connectivity index (χ3v) is 5.11. The summed E-state index contributed by atoms with van der Waals surface area (Å²) < 4.78 is 87.1. The molecule has 0 saturated carbocycles. The molecule has 2 saturated heterocycles. The fourth-order valence-electron chi connectivity index (χ4n) is 2.81. The zero-order valence-electron chi connectivity index (χ0n) is 13.6. The second kappa shape index (κ2) is 7.41. The minimum Gasteiger partial charge on any atom is -0.356 e. The third-order valence-electron chi connectivity index (χ3n) is 4.05. The number of alkyl halides is 3. The first-order chi connectivity index (χ1) is 12.2. The van der Waals surface area contributed by atoms with Gasteiger partial charge in [-0.05, 0) is 0 Å². The first kappa shape index (κ1) is 19.5. The Kier molecular flexibility index (Phi) is 5.56. The van der Waals surface area contributed by atoms with Crippen molar-refractivity contribution in [2.45, 2.75) is 42.8 Å². The number of hydrogen-bond acceptors (Lipinski definition) is 7. The zero-order chi connectivity index (χ0) is 18.9. The van der Waals surface area contributed by atoms with Crippen molar-refractivity contribution in [1.82, 2.24) is 0 Å². The van der Waals surface area contributed by atoms with Crippen molar-refractivity contribution in [2.24, 2.45) is 0 Å². The summed E-state index contributed by atoms with van der Waals surface area (Å²) in [4.78, 5) is 0. The van der Waals surface area contributed by atoms with Crippen molar-refractivity contribution in [3.63, 3.8) is 0 Å². The molecule has 0 radical (unpaired) electrons. The summed E-state index contributed by atoms with van der Waals surface area (Å²) in [5, 5.41) is 0. The molecule has 7 nitrogen and oxygen atoms in total. The number of hydrogen-bond donors (Lipinski definition) is 0. The first-order valence-electron chi connectivity index (χ1n) is 7.71. The Morgan fingerprint density at radius 2 is 1.85 bits per heavy atom. The molecule has 2 fully saturated rings. The predicted octanol–water partition coefficient (Wildman–Crippen LogP) is 2.10. The summed E-state index contributed by atoms with van der Waals surface area (Å²) in [6, 6.07) is 8.71. The molecule has 0 spiro atoms. The van der Waals surface area contributed by atoms with Crippen molar-refractivity contribution in [1.29, 1.82) is 0 Å². The van der Waals surface area contributed by atoms with E-state index in [-0.39, 0.29) is 13.0 Å². The van der Waals surface area contributed by atoms with Crippen molar-refractivity contribution < 1.29 is 44.7 Å². The quantitative estimate of drug-likeness (QED) is 0.568. The van der Waals surface area contributed by atoms with Gasteiger partial charge in [0.2, 0.25) is 0 Å². The fourth-order valence-corrected chi connectivity index (χ4v) is 3.44. The standard InChI is InChI=1S/C15H17F3O7S/c1-21-12-7-10(25-26(19,20)15(16,17)18)13-11(23-12)8-22-14(24-13)9-5-3-2-4-6-9/h2-6,10-14H,7-8H2,1H3/t10-,11-,12+,13+,14?/m1/s1. The molecule has 146 valence electrons. The molecule has 26 heavy (non-hydrogen) atoms. The first-order valence-corrected chi connectivity index (χ1v) is 9.12. The van der Waals surface area contributed by atoms with Gasteiger partial charge in [0.05, 0.1) is 6.61 Å². The lowest BCUT2D eigenvalue weighted by molar-refractivity contribution is -0.331. The van der Waals surface area contributed by atoms with Gasteiger partial charge < -0.3 is 18.9 Å². The molecule has 1 aromatic carbocycles. The van der Waals surface area contributed by atoms with Crippen LogP contribution in [0.15, 0.2) is 30.3 Å². The Morgan fingerprint density at radius 3 is 2.46 bits per heavy atom. The highest BCUT2D eigenvalue weighted by Gasteiger charge is 2.53. The van der Waals surface area contributed by atoms with Gasteiger partial charge in [-0.15, -0.1) is 0 Å². The van der Waals surface area contributed by atoms with Gasteiger partial charge in [0.15, 0.2) is 12.6 Å². The van der Waals surface area contributed by atoms with Gasteiger partial charge in [0.1, 0.15) is 18.3 Å². The molecular weight excluding hydrogens is 381 g/mol. The lowest BCUT2D eigenvalue weighted by Crippen LogP contribution is -2.56. The van der Waals surface area contributed by atoms with Gasteiger partial charge in [-0.25, -0.2) is 0 Å². The molecule has 1 aromatic rings. The number of halogens is 3. The van der Waals surface area contributed by atoms with E-state index in [1.165, 1.54) is 7.11 Å². The maximum Gasteiger partial charge on any atom is 0.523 e. The van der Waals surface area contributed by atoms with Gasteiger partial charge in [0, 0.05) is 19.1 Å². The van der Waals surface area contributed by atoms with E-state index in [4.69, 9.17) is 18.9 Å². The number of benzene rings is 1. The largest absolute Gasteiger partial charge is 0.523 e. The van der Waals surface area contributed by atoms with Crippen LogP contribution in [-0.4, -0.2) is 52.2 Å². The minimum absolute atomic E-state index is 0.0178. The van der Waals surface area contributed by atoms with Crippen LogP contribution in [0.25, 0.3) is 0 Å². The molecule has 5 atom stereocenters. The lowest BCUT2D eigenvalue weighted by atomic mass is 10.0. The van der Waals surface area contributed by atoms with Crippen LogP contribution >= 0.6 is 0 Å². The van der Waals surface area contributed by atoms with Crippen LogP contribution in [0, 0.1) is 0 Å². The van der Waals surface area contributed by atoms with Gasteiger partial charge in [-0.3, -0.25) is 4.18 Å². The van der Waals surface area contributed by atoms with E-state index < -0.39 is 46.5 Å². The van der Waals surface area contributed by atoms with E-state index in [0.29, 0.717) is 5.56 Å². The monoisotopic (exact) mass is 398 g/mol. The molecule has 0 amide bonds. The summed E-state index contributed by atoms with van der Waals surface area (Å²) in [6.45, 7) is -0.0178. The molecule has 0 aromatic heterocycles. The van der Waals surface area contributed by atoms with Gasteiger partial charge in [-0.2, -0.15) is 21.6 Å². The molecule has 2 heterocycles. The molecule has 1 unspecified atom stereocenters. The van der Waals surface area contributed by atoms with E-state index in [9.17, 15) is 21.6 Å². The van der Waals surface area contributed by atoms with Crippen LogP contribution in [0.5, 0.6) is 0 Å². The van der Waals surface area contributed by atoms with E-state index >= 15 is 0 Å². The molecule has 11 heteroatoms. The van der Waals surface area contributed by atoms with Crippen LogP contribution in [0.3, 0.4) is 0 Å². The molecular formula is C15H17F3O7S. The predicted molar refractivity (Wildman–Crippen MR) is 80.1 cm³/mol. The topological polar surface area (TPSA) is 80.3 Å². The second-order valence-corrected chi connectivity index (χ2v) is 7.35.